The van der Waals surface area contributed by atoms with Gasteiger partial charge in [-0.05, 0) is 45.4 Å². The Hall–Kier alpha value is -1.26. The van der Waals surface area contributed by atoms with Gasteiger partial charge in [0.15, 0.2) is 0 Å². The van der Waals surface area contributed by atoms with Crippen molar-refractivity contribution in [1.29, 1.82) is 0 Å². The van der Waals surface area contributed by atoms with Crippen molar-refractivity contribution in [2.45, 2.75) is 58.9 Å². The Kier molecular flexibility index (Phi) is 4.82. The van der Waals surface area contributed by atoms with Crippen molar-refractivity contribution in [2.75, 3.05) is 13.1 Å². The first-order chi connectivity index (χ1) is 8.70. The summed E-state index contributed by atoms with van der Waals surface area (Å²) in [6.07, 6.45) is 4.58. The first kappa shape index (κ1) is 15.8. The second-order valence-corrected chi connectivity index (χ2v) is 6.52. The van der Waals surface area contributed by atoms with Gasteiger partial charge in [0.1, 0.15) is 6.54 Å². The average Bonchev–Trinajstić information content (AvgIpc) is 2.23. The Morgan fingerprint density at radius 3 is 2.21 bits per heavy atom. The van der Waals surface area contributed by atoms with Crippen molar-refractivity contribution in [3.63, 3.8) is 0 Å². The molecule has 2 amide bonds. The largest absolute Gasteiger partial charge is 0.480 e. The first-order valence-electron chi connectivity index (χ1n) is 6.97. The summed E-state index contributed by atoms with van der Waals surface area (Å²) in [5.74, 6) is -0.987. The molecule has 0 aliphatic heterocycles. The lowest BCUT2D eigenvalue weighted by Gasteiger charge is -2.42. The van der Waals surface area contributed by atoms with Crippen molar-refractivity contribution < 1.29 is 14.7 Å². The van der Waals surface area contributed by atoms with Gasteiger partial charge in [-0.25, -0.2) is 4.79 Å². The lowest BCUT2D eigenvalue weighted by molar-refractivity contribution is -0.138. The molecule has 2 N–H and O–H groups in total. The maximum Gasteiger partial charge on any atom is 0.323 e. The fourth-order valence-electron chi connectivity index (χ4n) is 2.44. The molecule has 1 saturated carbocycles. The van der Waals surface area contributed by atoms with Crippen LogP contribution in [0.25, 0.3) is 0 Å². The van der Waals surface area contributed by atoms with Gasteiger partial charge in [0.25, 0.3) is 0 Å². The third-order valence-electron chi connectivity index (χ3n) is 4.13. The predicted molar refractivity (Wildman–Crippen MR) is 74.1 cm³/mol. The van der Waals surface area contributed by atoms with E-state index in [0.29, 0.717) is 6.54 Å². The second-order valence-electron chi connectivity index (χ2n) is 6.52. The van der Waals surface area contributed by atoms with E-state index in [1.54, 1.807) is 0 Å². The third-order valence-corrected chi connectivity index (χ3v) is 4.13. The zero-order valence-corrected chi connectivity index (χ0v) is 12.5. The summed E-state index contributed by atoms with van der Waals surface area (Å²) in [5.41, 5.74) is -0.260. The zero-order valence-electron chi connectivity index (χ0n) is 12.5. The van der Waals surface area contributed by atoms with Crippen LogP contribution in [0.1, 0.15) is 53.4 Å². The molecular weight excluding hydrogens is 244 g/mol. The molecule has 110 valence electrons. The quantitative estimate of drug-likeness (QED) is 0.806. The number of carbonyl (C=O) groups excluding carboxylic acids is 1. The van der Waals surface area contributed by atoms with Gasteiger partial charge in [0.2, 0.25) is 0 Å². The highest BCUT2D eigenvalue weighted by atomic mass is 16.4. The Morgan fingerprint density at radius 1 is 1.32 bits per heavy atom. The minimum absolute atomic E-state index is 0.239. The lowest BCUT2D eigenvalue weighted by atomic mass is 9.67. The van der Waals surface area contributed by atoms with Gasteiger partial charge < -0.3 is 15.3 Å². The van der Waals surface area contributed by atoms with Crippen LogP contribution in [-0.4, -0.2) is 40.6 Å². The highest BCUT2D eigenvalue weighted by Crippen LogP contribution is 2.43. The Labute approximate surface area is 115 Å². The number of nitrogens with zero attached hydrogens (tertiary/aromatic N) is 1. The molecule has 19 heavy (non-hydrogen) atoms. The van der Waals surface area contributed by atoms with E-state index >= 15 is 0 Å². The monoisotopic (exact) mass is 270 g/mol. The number of urea groups is 1. The number of aliphatic carboxylic acids is 1. The van der Waals surface area contributed by atoms with Crippen LogP contribution < -0.4 is 5.32 Å². The minimum atomic E-state index is -0.987. The van der Waals surface area contributed by atoms with E-state index in [-0.39, 0.29) is 18.0 Å². The van der Waals surface area contributed by atoms with Crippen LogP contribution in [-0.2, 0) is 4.79 Å². The number of hydrogen-bond donors (Lipinski definition) is 2. The molecule has 0 saturated heterocycles. The van der Waals surface area contributed by atoms with Gasteiger partial charge in [0, 0.05) is 12.1 Å². The van der Waals surface area contributed by atoms with Crippen molar-refractivity contribution in [1.82, 2.24) is 10.2 Å². The number of carboxylic acids is 1. The molecule has 0 atom stereocenters. The van der Waals surface area contributed by atoms with Crippen LogP contribution in [0.5, 0.6) is 0 Å². The smallest absolute Gasteiger partial charge is 0.323 e. The van der Waals surface area contributed by atoms with Gasteiger partial charge in [-0.2, -0.15) is 0 Å². The van der Waals surface area contributed by atoms with Crippen molar-refractivity contribution in [3.8, 4) is 0 Å². The van der Waals surface area contributed by atoms with Gasteiger partial charge in [-0.1, -0.05) is 13.3 Å². The van der Waals surface area contributed by atoms with Crippen molar-refractivity contribution >= 4 is 12.0 Å². The summed E-state index contributed by atoms with van der Waals surface area (Å²) < 4.78 is 0. The molecule has 0 aromatic carbocycles. The van der Waals surface area contributed by atoms with Crippen LogP contribution in [0.15, 0.2) is 0 Å². The van der Waals surface area contributed by atoms with Crippen molar-refractivity contribution in [2.24, 2.45) is 5.41 Å². The summed E-state index contributed by atoms with van der Waals surface area (Å²) in [5, 5.41) is 11.8. The van der Waals surface area contributed by atoms with Gasteiger partial charge in [-0.15, -0.1) is 0 Å². The van der Waals surface area contributed by atoms with Crippen LogP contribution in [0.4, 0.5) is 4.79 Å². The third kappa shape index (κ3) is 4.11. The normalized spacial score (nSPS) is 17.5. The second kappa shape index (κ2) is 5.80. The molecule has 5 nitrogen and oxygen atoms in total. The summed E-state index contributed by atoms with van der Waals surface area (Å²) >= 11 is 0. The molecule has 1 fully saturated rings. The van der Waals surface area contributed by atoms with Gasteiger partial charge in [-0.3, -0.25) is 4.79 Å². The summed E-state index contributed by atoms with van der Waals surface area (Å²) in [7, 11) is 0. The van der Waals surface area contributed by atoms with E-state index in [4.69, 9.17) is 5.11 Å². The highest BCUT2D eigenvalue weighted by molar-refractivity contribution is 5.80. The molecule has 0 spiro atoms. The maximum atomic E-state index is 12.2. The molecule has 0 aromatic rings. The SMILES string of the molecule is CCC1(CNC(=O)N(CC(=O)O)C(C)(C)C)CCC1. The molecule has 1 rings (SSSR count). The molecular formula is C14H26N2O3. The molecule has 0 radical (unpaired) electrons. The molecule has 0 aromatic heterocycles. The topological polar surface area (TPSA) is 69.6 Å². The number of hydrogen-bond acceptors (Lipinski definition) is 2. The lowest BCUT2D eigenvalue weighted by Crippen LogP contribution is -2.54. The van der Waals surface area contributed by atoms with Crippen LogP contribution in [0.2, 0.25) is 0 Å². The van der Waals surface area contributed by atoms with E-state index in [0.717, 1.165) is 19.3 Å². The number of rotatable bonds is 5. The Balaban J connectivity index is 2.59. The number of amides is 2. The molecule has 0 heterocycles. The van der Waals surface area contributed by atoms with Gasteiger partial charge in [0.05, 0.1) is 0 Å². The fraction of sp³-hybridized carbons (Fsp3) is 0.857. The molecule has 5 heteroatoms. The van der Waals surface area contributed by atoms with E-state index in [1.807, 2.05) is 20.8 Å². The van der Waals surface area contributed by atoms with E-state index in [2.05, 4.69) is 12.2 Å². The molecule has 1 aliphatic rings. The number of carboxylic acid groups (broad SMARTS) is 1. The fourth-order valence-corrected chi connectivity index (χ4v) is 2.44. The minimum Gasteiger partial charge on any atom is -0.480 e. The highest BCUT2D eigenvalue weighted by Gasteiger charge is 2.36. The van der Waals surface area contributed by atoms with E-state index in [1.165, 1.54) is 11.3 Å². The molecule has 0 unspecified atom stereocenters. The van der Waals surface area contributed by atoms with Gasteiger partial charge >= 0.3 is 12.0 Å². The molecule has 1 aliphatic carbocycles. The Bertz CT molecular complexity index is 338. The Morgan fingerprint density at radius 2 is 1.89 bits per heavy atom. The van der Waals surface area contributed by atoms with E-state index in [9.17, 15) is 9.59 Å². The van der Waals surface area contributed by atoms with Crippen LogP contribution in [0.3, 0.4) is 0 Å². The number of carbonyl (C=O) groups is 2. The maximum absolute atomic E-state index is 12.2. The average molecular weight is 270 g/mol. The van der Waals surface area contributed by atoms with Crippen LogP contribution in [0, 0.1) is 5.41 Å². The first-order valence-corrected chi connectivity index (χ1v) is 6.97. The zero-order chi connectivity index (χ0) is 14.7. The standard InChI is InChI=1S/C14H26N2O3/c1-5-14(7-6-8-14)10-15-12(19)16(9-11(17)18)13(2,3)4/h5-10H2,1-4H3,(H,15,19)(H,17,18). The van der Waals surface area contributed by atoms with Crippen LogP contribution >= 0.6 is 0 Å². The molecule has 0 bridgehead atoms. The summed E-state index contributed by atoms with van der Waals surface area (Å²) in [6, 6.07) is -0.283. The number of nitrogens with one attached hydrogen (secondary N) is 1. The summed E-state index contributed by atoms with van der Waals surface area (Å²) in [6.45, 7) is 8.05. The summed E-state index contributed by atoms with van der Waals surface area (Å²) in [4.78, 5) is 24.4. The predicted octanol–water partition coefficient (Wildman–Crippen LogP) is 2.46. The van der Waals surface area contributed by atoms with E-state index < -0.39 is 11.5 Å². The van der Waals surface area contributed by atoms with Crippen molar-refractivity contribution in [3.05, 3.63) is 0 Å².